The number of nitrogens with one attached hydrogen (secondary N) is 3. The smallest absolute Gasteiger partial charge is 0.250 e. The largest absolute Gasteiger partial charge is 0.474 e. The van der Waals surface area contributed by atoms with Gasteiger partial charge in [0.05, 0.1) is 37.3 Å². The van der Waals surface area contributed by atoms with Crippen LogP contribution in [0.5, 0.6) is 5.88 Å². The molecule has 0 saturated heterocycles. The molecule has 0 bridgehead atoms. The minimum atomic E-state index is -0.208. The van der Waals surface area contributed by atoms with Crippen LogP contribution in [-0.4, -0.2) is 67.5 Å². The van der Waals surface area contributed by atoms with E-state index in [1.54, 1.807) is 7.11 Å². The number of ether oxygens (including phenoxy) is 3. The molecule has 0 fully saturated rings. The van der Waals surface area contributed by atoms with E-state index in [0.29, 0.717) is 38.2 Å². The number of carbonyl (C=O) groups excluding carboxylic acids is 1. The lowest BCUT2D eigenvalue weighted by Crippen LogP contribution is -2.32. The number of aryl methyl sites for hydroxylation is 1. The minimum absolute atomic E-state index is 0.0197. The summed E-state index contributed by atoms with van der Waals surface area (Å²) in [6, 6.07) is 5.70. The zero-order chi connectivity index (χ0) is 26.5. The average Bonchev–Trinajstić information content (AvgIpc) is 2.93. The van der Waals surface area contributed by atoms with Gasteiger partial charge in [-0.3, -0.25) is 4.79 Å². The highest BCUT2D eigenvalue weighted by atomic mass is 16.5. The highest BCUT2D eigenvalue weighted by Gasteiger charge is 2.24. The van der Waals surface area contributed by atoms with Gasteiger partial charge in [0.25, 0.3) is 0 Å². The van der Waals surface area contributed by atoms with Gasteiger partial charge in [0.2, 0.25) is 17.7 Å². The molecule has 0 atom stereocenters. The molecule has 4 heterocycles. The summed E-state index contributed by atoms with van der Waals surface area (Å²) >= 11 is 0. The van der Waals surface area contributed by atoms with Gasteiger partial charge in [-0.05, 0) is 49.6 Å². The summed E-state index contributed by atoms with van der Waals surface area (Å²) in [6.07, 6.45) is 4.65. The summed E-state index contributed by atoms with van der Waals surface area (Å²) in [7, 11) is 1.59. The highest BCUT2D eigenvalue weighted by Crippen LogP contribution is 2.36. The summed E-state index contributed by atoms with van der Waals surface area (Å²) in [6.45, 7) is 7.79. The van der Waals surface area contributed by atoms with Crippen LogP contribution < -0.4 is 25.6 Å². The predicted octanol–water partition coefficient (Wildman–Crippen LogP) is 3.20. The fourth-order valence-electron chi connectivity index (χ4n) is 4.60. The minimum Gasteiger partial charge on any atom is -0.474 e. The third kappa shape index (κ3) is 5.79. The van der Waals surface area contributed by atoms with Gasteiger partial charge in [0.1, 0.15) is 18.9 Å². The van der Waals surface area contributed by atoms with Crippen molar-refractivity contribution in [1.29, 1.82) is 0 Å². The van der Waals surface area contributed by atoms with E-state index in [1.807, 2.05) is 37.5 Å². The molecule has 0 radical (unpaired) electrons. The third-order valence-electron chi connectivity index (χ3n) is 6.63. The van der Waals surface area contributed by atoms with Gasteiger partial charge in [-0.1, -0.05) is 0 Å². The van der Waals surface area contributed by atoms with Gasteiger partial charge in [-0.25, -0.2) is 15.0 Å². The van der Waals surface area contributed by atoms with Crippen LogP contribution in [0.4, 0.5) is 28.7 Å². The number of pyridine rings is 1. The quantitative estimate of drug-likeness (QED) is 0.363. The first kappa shape index (κ1) is 25.7. The number of aromatic nitrogens is 3. The summed E-state index contributed by atoms with van der Waals surface area (Å²) in [5.74, 6) is 0.990. The van der Waals surface area contributed by atoms with Gasteiger partial charge < -0.3 is 35.1 Å². The van der Waals surface area contributed by atoms with Crippen molar-refractivity contribution in [2.24, 2.45) is 0 Å². The van der Waals surface area contributed by atoms with Crippen LogP contribution in [0.15, 0.2) is 30.6 Å². The molecule has 5 rings (SSSR count). The van der Waals surface area contributed by atoms with Gasteiger partial charge >= 0.3 is 0 Å². The summed E-state index contributed by atoms with van der Waals surface area (Å²) < 4.78 is 15.9. The Morgan fingerprint density at radius 3 is 2.95 bits per heavy atom. The van der Waals surface area contributed by atoms with Crippen LogP contribution in [0.1, 0.15) is 22.4 Å². The average molecular weight is 520 g/mol. The molecule has 2 aliphatic rings. The number of amides is 1. The van der Waals surface area contributed by atoms with E-state index >= 15 is 0 Å². The monoisotopic (exact) mass is 519 g/mol. The van der Waals surface area contributed by atoms with Crippen LogP contribution in [0, 0.1) is 13.8 Å². The number of rotatable bonds is 9. The molecule has 3 N–H and O–H groups in total. The van der Waals surface area contributed by atoms with Gasteiger partial charge in [0, 0.05) is 43.3 Å². The van der Waals surface area contributed by atoms with Crippen LogP contribution in [0.3, 0.4) is 0 Å². The zero-order valence-corrected chi connectivity index (χ0v) is 22.0. The lowest BCUT2D eigenvalue weighted by Gasteiger charge is -2.32. The first-order valence-corrected chi connectivity index (χ1v) is 12.7. The van der Waals surface area contributed by atoms with Gasteiger partial charge in [-0.15, -0.1) is 0 Å². The van der Waals surface area contributed by atoms with Crippen LogP contribution >= 0.6 is 0 Å². The third-order valence-corrected chi connectivity index (χ3v) is 6.63. The lowest BCUT2D eigenvalue weighted by atomic mass is 10.0. The number of benzene rings is 1. The van der Waals surface area contributed by atoms with E-state index in [1.165, 1.54) is 0 Å². The fourth-order valence-corrected chi connectivity index (χ4v) is 4.60. The molecule has 11 heteroatoms. The molecule has 3 aromatic rings. The zero-order valence-electron chi connectivity index (χ0n) is 22.0. The summed E-state index contributed by atoms with van der Waals surface area (Å²) in [4.78, 5) is 28.3. The molecule has 2 aromatic heterocycles. The molecular weight excluding hydrogens is 486 g/mol. The maximum atomic E-state index is 12.1. The number of hydrogen-bond acceptors (Lipinski definition) is 10. The van der Waals surface area contributed by atoms with Crippen molar-refractivity contribution >= 4 is 34.6 Å². The fraction of sp³-hybridized carbons (Fsp3) is 0.407. The Balaban J connectivity index is 1.24. The number of nitrogens with zero attached hydrogens (tertiary/aromatic N) is 4. The molecule has 38 heavy (non-hydrogen) atoms. The van der Waals surface area contributed by atoms with Crippen LogP contribution in [0.2, 0.25) is 0 Å². The Hall–Kier alpha value is -3.96. The lowest BCUT2D eigenvalue weighted by molar-refractivity contribution is -0.121. The first-order chi connectivity index (χ1) is 18.5. The van der Waals surface area contributed by atoms with Crippen molar-refractivity contribution in [3.63, 3.8) is 0 Å². The van der Waals surface area contributed by atoms with E-state index in [9.17, 15) is 4.79 Å². The van der Waals surface area contributed by atoms with E-state index in [0.717, 1.165) is 64.6 Å². The van der Waals surface area contributed by atoms with Crippen LogP contribution in [-0.2, 0) is 27.2 Å². The van der Waals surface area contributed by atoms with Gasteiger partial charge in [-0.2, -0.15) is 0 Å². The van der Waals surface area contributed by atoms with Crippen molar-refractivity contribution in [2.45, 2.75) is 26.8 Å². The van der Waals surface area contributed by atoms with Crippen molar-refractivity contribution in [3.05, 3.63) is 53.0 Å². The van der Waals surface area contributed by atoms with Crippen molar-refractivity contribution in [2.75, 3.05) is 67.5 Å². The van der Waals surface area contributed by atoms with E-state index in [2.05, 4.69) is 37.7 Å². The van der Waals surface area contributed by atoms with E-state index < -0.39 is 0 Å². The van der Waals surface area contributed by atoms with Gasteiger partial charge in [0.15, 0.2) is 0 Å². The Labute approximate surface area is 221 Å². The number of hydrogen-bond donors (Lipinski definition) is 3. The standard InChI is InChI=1S/C27H33N7O4/c1-17-12-20(4-5-21(17)32-24(35)16-37-11-10-36-3)31-27-30-13-19-6-8-34(15-22(19)33-27)23-14-29-26-25(18(23)2)28-7-9-38-26/h4-5,12-14,28H,6-11,15-16H2,1-3H3,(H,32,35)(H,30,31,33). The Kier molecular flexibility index (Phi) is 7.85. The second-order valence-corrected chi connectivity index (χ2v) is 9.31. The topological polar surface area (TPSA) is 123 Å². The number of fused-ring (bicyclic) bond motifs is 2. The van der Waals surface area contributed by atoms with E-state index in [-0.39, 0.29) is 12.5 Å². The van der Waals surface area contributed by atoms with Crippen molar-refractivity contribution < 1.29 is 19.0 Å². The molecule has 11 nitrogen and oxygen atoms in total. The normalized spacial score (nSPS) is 14.1. The Morgan fingerprint density at radius 1 is 1.21 bits per heavy atom. The molecule has 200 valence electrons. The summed E-state index contributed by atoms with van der Waals surface area (Å²) in [5, 5.41) is 9.59. The summed E-state index contributed by atoms with van der Waals surface area (Å²) in [5.41, 5.74) is 7.81. The molecule has 1 aromatic carbocycles. The highest BCUT2D eigenvalue weighted by molar-refractivity contribution is 5.92. The molecule has 1 amide bonds. The number of methoxy groups -OCH3 is 1. The molecule has 0 aliphatic carbocycles. The predicted molar refractivity (Wildman–Crippen MR) is 146 cm³/mol. The molecular formula is C27H33N7O4. The second kappa shape index (κ2) is 11.6. The number of carbonyl (C=O) groups is 1. The Bertz CT molecular complexity index is 1320. The maximum Gasteiger partial charge on any atom is 0.250 e. The van der Waals surface area contributed by atoms with Crippen molar-refractivity contribution in [1.82, 2.24) is 15.0 Å². The molecule has 0 saturated carbocycles. The molecule has 0 spiro atoms. The van der Waals surface area contributed by atoms with E-state index in [4.69, 9.17) is 19.2 Å². The van der Waals surface area contributed by atoms with Crippen LogP contribution in [0.25, 0.3) is 0 Å². The second-order valence-electron chi connectivity index (χ2n) is 9.31. The SMILES string of the molecule is COCCOCC(=O)Nc1ccc(Nc2ncc3c(n2)CN(c2cnc4c(c2C)NCCO4)CC3)cc1C. The van der Waals surface area contributed by atoms with Crippen molar-refractivity contribution in [3.8, 4) is 5.88 Å². The molecule has 2 aliphatic heterocycles. The molecule has 0 unspecified atom stereocenters. The number of anilines is 5. The first-order valence-electron chi connectivity index (χ1n) is 12.7. The maximum absolute atomic E-state index is 12.1. The Morgan fingerprint density at radius 2 is 2.11 bits per heavy atom.